The number of nitrogens with zero attached hydrogens (tertiary/aromatic N) is 2. The first-order valence-electron chi connectivity index (χ1n) is 7.51. The Morgan fingerprint density at radius 2 is 1.76 bits per heavy atom. The molecule has 5 heteroatoms. The molecule has 0 saturated carbocycles. The fraction of sp³-hybridized carbons (Fsp3) is 0.500. The van der Waals surface area contributed by atoms with Gasteiger partial charge in [0.15, 0.2) is 0 Å². The summed E-state index contributed by atoms with van der Waals surface area (Å²) in [6, 6.07) is 7.59. The van der Waals surface area contributed by atoms with Crippen molar-refractivity contribution in [2.75, 3.05) is 38.0 Å². The molecule has 0 aromatic heterocycles. The van der Waals surface area contributed by atoms with E-state index in [4.69, 9.17) is 0 Å². The normalized spacial score (nSPS) is 15.5. The molecular weight excluding hydrogens is 266 g/mol. The van der Waals surface area contributed by atoms with Gasteiger partial charge in [-0.2, -0.15) is 0 Å². The smallest absolute Gasteiger partial charge is 0.256 e. The molecule has 0 aliphatic carbocycles. The van der Waals surface area contributed by atoms with Gasteiger partial charge >= 0.3 is 0 Å². The number of hydrogen-bond donors (Lipinski definition) is 1. The van der Waals surface area contributed by atoms with E-state index in [9.17, 15) is 9.59 Å². The van der Waals surface area contributed by atoms with Crippen molar-refractivity contribution in [1.29, 1.82) is 0 Å². The third kappa shape index (κ3) is 3.74. The summed E-state index contributed by atoms with van der Waals surface area (Å²) >= 11 is 0. The maximum absolute atomic E-state index is 12.7. The number of nitrogens with one attached hydrogen (secondary N) is 1. The zero-order chi connectivity index (χ0) is 15.2. The number of para-hydroxylation sites is 1. The van der Waals surface area contributed by atoms with E-state index >= 15 is 0 Å². The average Bonchev–Trinajstić information content (AvgIpc) is 2.73. The van der Waals surface area contributed by atoms with Gasteiger partial charge in [-0.15, -0.1) is 0 Å². The molecule has 2 amide bonds. The first-order valence-corrected chi connectivity index (χ1v) is 7.51. The van der Waals surface area contributed by atoms with Crippen LogP contribution in [-0.4, -0.2) is 54.3 Å². The van der Waals surface area contributed by atoms with Crippen LogP contribution in [0.15, 0.2) is 24.3 Å². The molecule has 0 unspecified atom stereocenters. The van der Waals surface area contributed by atoms with Crippen LogP contribution in [0.4, 0.5) is 5.69 Å². The van der Waals surface area contributed by atoms with Gasteiger partial charge in [-0.3, -0.25) is 9.59 Å². The number of rotatable bonds is 3. The zero-order valence-corrected chi connectivity index (χ0v) is 12.8. The molecule has 5 nitrogen and oxygen atoms in total. The van der Waals surface area contributed by atoms with Crippen LogP contribution < -0.4 is 5.32 Å². The van der Waals surface area contributed by atoms with E-state index in [1.807, 2.05) is 41.0 Å². The second kappa shape index (κ2) is 7.11. The minimum Gasteiger partial charge on any atom is -0.385 e. The van der Waals surface area contributed by atoms with Gasteiger partial charge in [0.05, 0.1) is 5.56 Å². The summed E-state index contributed by atoms with van der Waals surface area (Å²) in [6.45, 7) is 7.01. The molecule has 1 aliphatic rings. The number of amides is 2. The molecule has 1 saturated heterocycles. The van der Waals surface area contributed by atoms with E-state index in [2.05, 4.69) is 5.32 Å². The van der Waals surface area contributed by atoms with E-state index < -0.39 is 0 Å². The Balaban J connectivity index is 2.11. The van der Waals surface area contributed by atoms with E-state index in [1.165, 1.54) is 0 Å². The maximum Gasteiger partial charge on any atom is 0.256 e. The molecule has 1 N–H and O–H groups in total. The molecule has 0 radical (unpaired) electrons. The maximum atomic E-state index is 12.7. The lowest BCUT2D eigenvalue weighted by Gasteiger charge is -2.22. The quantitative estimate of drug-likeness (QED) is 0.923. The lowest BCUT2D eigenvalue weighted by molar-refractivity contribution is -0.128. The van der Waals surface area contributed by atoms with Gasteiger partial charge < -0.3 is 15.1 Å². The third-order valence-electron chi connectivity index (χ3n) is 3.75. The van der Waals surface area contributed by atoms with Gasteiger partial charge in [0.1, 0.15) is 0 Å². The first-order chi connectivity index (χ1) is 10.1. The van der Waals surface area contributed by atoms with Crippen molar-refractivity contribution in [2.45, 2.75) is 20.3 Å². The molecule has 1 aromatic rings. The van der Waals surface area contributed by atoms with E-state index in [-0.39, 0.29) is 11.8 Å². The number of benzene rings is 1. The Hall–Kier alpha value is -2.04. The standard InChI is InChI=1S/C16H23N3O2/c1-3-17-15-8-5-4-7-14(15)16(21)19-10-6-9-18(11-12-19)13(2)20/h4-5,7-8,17H,3,6,9-12H2,1-2H3. The van der Waals surface area contributed by atoms with Crippen LogP contribution in [-0.2, 0) is 4.79 Å². The zero-order valence-electron chi connectivity index (χ0n) is 12.8. The Labute approximate surface area is 125 Å². The first kappa shape index (κ1) is 15.4. The van der Waals surface area contributed by atoms with Crippen molar-refractivity contribution in [3.05, 3.63) is 29.8 Å². The highest BCUT2D eigenvalue weighted by molar-refractivity contribution is 5.99. The number of anilines is 1. The van der Waals surface area contributed by atoms with Gasteiger partial charge in [-0.25, -0.2) is 0 Å². The fourth-order valence-corrected chi connectivity index (χ4v) is 2.62. The van der Waals surface area contributed by atoms with Gasteiger partial charge in [0.2, 0.25) is 5.91 Å². The van der Waals surface area contributed by atoms with Crippen molar-refractivity contribution in [3.63, 3.8) is 0 Å². The summed E-state index contributed by atoms with van der Waals surface area (Å²) in [6.07, 6.45) is 0.828. The van der Waals surface area contributed by atoms with E-state index in [1.54, 1.807) is 6.92 Å². The molecule has 0 bridgehead atoms. The Morgan fingerprint density at radius 1 is 1.10 bits per heavy atom. The molecule has 114 valence electrons. The molecule has 21 heavy (non-hydrogen) atoms. The molecule has 1 heterocycles. The minimum atomic E-state index is 0.0388. The number of carbonyl (C=O) groups is 2. The summed E-state index contributed by atoms with van der Waals surface area (Å²) < 4.78 is 0. The summed E-state index contributed by atoms with van der Waals surface area (Å²) in [5.74, 6) is 0.120. The van der Waals surface area contributed by atoms with Crippen LogP contribution in [0.2, 0.25) is 0 Å². The van der Waals surface area contributed by atoms with Crippen LogP contribution in [0, 0.1) is 0 Å². The predicted octanol–water partition coefficient (Wildman–Crippen LogP) is 1.81. The Kier molecular flexibility index (Phi) is 5.20. The predicted molar refractivity (Wildman–Crippen MR) is 83.4 cm³/mol. The van der Waals surface area contributed by atoms with Crippen molar-refractivity contribution >= 4 is 17.5 Å². The number of carbonyl (C=O) groups excluding carboxylic acids is 2. The molecule has 2 rings (SSSR count). The lowest BCUT2D eigenvalue weighted by Crippen LogP contribution is -2.36. The summed E-state index contributed by atoms with van der Waals surface area (Å²) in [7, 11) is 0. The van der Waals surface area contributed by atoms with E-state index in [0.29, 0.717) is 25.2 Å². The van der Waals surface area contributed by atoms with Gasteiger partial charge in [-0.05, 0) is 25.5 Å². The second-order valence-electron chi connectivity index (χ2n) is 5.23. The average molecular weight is 289 g/mol. The Bertz CT molecular complexity index is 516. The summed E-state index contributed by atoms with van der Waals surface area (Å²) in [5.41, 5.74) is 1.58. The van der Waals surface area contributed by atoms with Crippen LogP contribution in [0.25, 0.3) is 0 Å². The largest absolute Gasteiger partial charge is 0.385 e. The van der Waals surface area contributed by atoms with Gasteiger partial charge in [-0.1, -0.05) is 12.1 Å². The monoisotopic (exact) mass is 289 g/mol. The summed E-state index contributed by atoms with van der Waals surface area (Å²) in [4.78, 5) is 27.8. The topological polar surface area (TPSA) is 52.7 Å². The fourth-order valence-electron chi connectivity index (χ4n) is 2.62. The molecule has 1 aromatic carbocycles. The third-order valence-corrected chi connectivity index (χ3v) is 3.75. The molecule has 0 spiro atoms. The highest BCUT2D eigenvalue weighted by Crippen LogP contribution is 2.18. The highest BCUT2D eigenvalue weighted by Gasteiger charge is 2.22. The molecular formula is C16H23N3O2. The van der Waals surface area contributed by atoms with Gasteiger partial charge in [0, 0.05) is 45.3 Å². The molecule has 1 aliphatic heterocycles. The van der Waals surface area contributed by atoms with Crippen LogP contribution in [0.5, 0.6) is 0 Å². The SMILES string of the molecule is CCNc1ccccc1C(=O)N1CCCN(C(C)=O)CC1. The molecule has 0 atom stereocenters. The van der Waals surface area contributed by atoms with Crippen molar-refractivity contribution < 1.29 is 9.59 Å². The van der Waals surface area contributed by atoms with Crippen LogP contribution in [0.3, 0.4) is 0 Å². The minimum absolute atomic E-state index is 0.0388. The highest BCUT2D eigenvalue weighted by atomic mass is 16.2. The molecule has 1 fully saturated rings. The number of hydrogen-bond acceptors (Lipinski definition) is 3. The van der Waals surface area contributed by atoms with Crippen molar-refractivity contribution in [2.24, 2.45) is 0 Å². The van der Waals surface area contributed by atoms with Gasteiger partial charge in [0.25, 0.3) is 5.91 Å². The van der Waals surface area contributed by atoms with Crippen LogP contribution in [0.1, 0.15) is 30.6 Å². The van der Waals surface area contributed by atoms with Crippen molar-refractivity contribution in [3.8, 4) is 0 Å². The second-order valence-corrected chi connectivity index (χ2v) is 5.23. The van der Waals surface area contributed by atoms with Crippen molar-refractivity contribution in [1.82, 2.24) is 9.80 Å². The van der Waals surface area contributed by atoms with E-state index in [0.717, 1.165) is 25.2 Å². The van der Waals surface area contributed by atoms with Crippen LogP contribution >= 0.6 is 0 Å². The summed E-state index contributed by atoms with van der Waals surface area (Å²) in [5, 5.41) is 3.23. The lowest BCUT2D eigenvalue weighted by atomic mass is 10.1. The Morgan fingerprint density at radius 3 is 2.48 bits per heavy atom.